The van der Waals surface area contributed by atoms with Crippen LogP contribution in [0.3, 0.4) is 0 Å². The van der Waals surface area contributed by atoms with Gasteiger partial charge in [-0.25, -0.2) is 0 Å². The summed E-state index contributed by atoms with van der Waals surface area (Å²) in [6.45, 7) is 4.03. The Balaban J connectivity index is 2.01. The third-order valence-electron chi connectivity index (χ3n) is 3.82. The molecule has 0 aliphatic carbocycles. The van der Waals surface area contributed by atoms with Crippen molar-refractivity contribution in [2.45, 2.75) is 0 Å². The minimum atomic E-state index is 0.932. The highest BCUT2D eigenvalue weighted by molar-refractivity contribution is 5.75. The second kappa shape index (κ2) is 6.31. The summed E-state index contributed by atoms with van der Waals surface area (Å²) in [5.74, 6) is 0. The maximum absolute atomic E-state index is 4.03. The number of rotatable bonds is 4. The maximum atomic E-state index is 4.03. The molecular formula is C21H19N. The lowest BCUT2D eigenvalue weighted by atomic mass is 9.97. The van der Waals surface area contributed by atoms with Gasteiger partial charge in [0.25, 0.3) is 0 Å². The summed E-state index contributed by atoms with van der Waals surface area (Å²) < 4.78 is 0. The highest BCUT2D eigenvalue weighted by Crippen LogP contribution is 2.27. The molecule has 0 atom stereocenters. The predicted molar refractivity (Wildman–Crippen MR) is 95.4 cm³/mol. The average Bonchev–Trinajstić information content (AvgIpc) is 2.62. The van der Waals surface area contributed by atoms with Crippen molar-refractivity contribution in [3.63, 3.8) is 0 Å². The molecule has 0 fully saturated rings. The summed E-state index contributed by atoms with van der Waals surface area (Å²) in [7, 11) is 1.89. The molecule has 0 amide bonds. The summed E-state index contributed by atoms with van der Waals surface area (Å²) in [6.07, 6.45) is 0. The molecule has 0 bridgehead atoms. The fourth-order valence-corrected chi connectivity index (χ4v) is 2.54. The normalized spacial score (nSPS) is 10.2. The lowest BCUT2D eigenvalue weighted by molar-refractivity contribution is 1.13. The van der Waals surface area contributed by atoms with Crippen LogP contribution in [-0.4, -0.2) is 7.05 Å². The molecule has 0 radical (unpaired) electrons. The van der Waals surface area contributed by atoms with Gasteiger partial charge in [-0.1, -0.05) is 73.3 Å². The van der Waals surface area contributed by atoms with Gasteiger partial charge < -0.3 is 5.32 Å². The molecule has 3 aromatic rings. The van der Waals surface area contributed by atoms with Crippen molar-refractivity contribution in [1.82, 2.24) is 5.32 Å². The Hall–Kier alpha value is -2.80. The van der Waals surface area contributed by atoms with E-state index in [9.17, 15) is 0 Å². The van der Waals surface area contributed by atoms with Gasteiger partial charge in [0.15, 0.2) is 0 Å². The van der Waals surface area contributed by atoms with Crippen molar-refractivity contribution in [3.8, 4) is 22.3 Å². The monoisotopic (exact) mass is 285 g/mol. The molecule has 3 rings (SSSR count). The smallest absolute Gasteiger partial charge is 0.0338 e. The van der Waals surface area contributed by atoms with Gasteiger partial charge in [-0.05, 0) is 39.9 Å². The zero-order valence-corrected chi connectivity index (χ0v) is 12.7. The summed E-state index contributed by atoms with van der Waals surface area (Å²) >= 11 is 0. The van der Waals surface area contributed by atoms with E-state index in [2.05, 4.69) is 84.7 Å². The van der Waals surface area contributed by atoms with Crippen molar-refractivity contribution in [1.29, 1.82) is 0 Å². The second-order valence-corrected chi connectivity index (χ2v) is 5.26. The molecule has 3 aromatic carbocycles. The SMILES string of the molecule is C=C(NC)c1cccc(-c2cccc(-c3ccccc3)c2)c1. The molecule has 0 heterocycles. The van der Waals surface area contributed by atoms with Crippen LogP contribution in [0.5, 0.6) is 0 Å². The van der Waals surface area contributed by atoms with E-state index in [1.807, 2.05) is 13.1 Å². The van der Waals surface area contributed by atoms with E-state index in [4.69, 9.17) is 0 Å². The molecule has 0 aliphatic heterocycles. The van der Waals surface area contributed by atoms with Crippen molar-refractivity contribution in [2.75, 3.05) is 7.05 Å². The molecule has 0 saturated heterocycles. The van der Waals surface area contributed by atoms with Gasteiger partial charge in [-0.15, -0.1) is 0 Å². The van der Waals surface area contributed by atoms with E-state index in [0.29, 0.717) is 0 Å². The van der Waals surface area contributed by atoms with E-state index in [1.165, 1.54) is 22.3 Å². The zero-order chi connectivity index (χ0) is 15.4. The Kier molecular flexibility index (Phi) is 4.06. The van der Waals surface area contributed by atoms with Crippen LogP contribution in [0.15, 0.2) is 85.4 Å². The van der Waals surface area contributed by atoms with Crippen LogP contribution in [0.4, 0.5) is 0 Å². The van der Waals surface area contributed by atoms with E-state index >= 15 is 0 Å². The Morgan fingerprint density at radius 1 is 0.682 bits per heavy atom. The van der Waals surface area contributed by atoms with Gasteiger partial charge in [0, 0.05) is 12.7 Å². The van der Waals surface area contributed by atoms with Crippen LogP contribution in [0, 0.1) is 0 Å². The van der Waals surface area contributed by atoms with E-state index in [1.54, 1.807) is 0 Å². The van der Waals surface area contributed by atoms with E-state index in [0.717, 1.165) is 11.3 Å². The number of hydrogen-bond acceptors (Lipinski definition) is 1. The Morgan fingerprint density at radius 3 is 1.91 bits per heavy atom. The lowest BCUT2D eigenvalue weighted by Crippen LogP contribution is -2.02. The molecule has 22 heavy (non-hydrogen) atoms. The average molecular weight is 285 g/mol. The van der Waals surface area contributed by atoms with Gasteiger partial charge in [0.2, 0.25) is 0 Å². The minimum absolute atomic E-state index is 0.932. The number of hydrogen-bond donors (Lipinski definition) is 1. The fraction of sp³-hybridized carbons (Fsp3) is 0.0476. The first-order valence-corrected chi connectivity index (χ1v) is 7.41. The lowest BCUT2D eigenvalue weighted by Gasteiger charge is -2.09. The quantitative estimate of drug-likeness (QED) is 0.693. The van der Waals surface area contributed by atoms with Gasteiger partial charge in [-0.2, -0.15) is 0 Å². The molecule has 0 unspecified atom stereocenters. The first-order chi connectivity index (χ1) is 10.8. The van der Waals surface area contributed by atoms with Crippen LogP contribution < -0.4 is 5.32 Å². The zero-order valence-electron chi connectivity index (χ0n) is 12.7. The molecule has 1 N–H and O–H groups in total. The Labute approximate surface area is 132 Å². The summed E-state index contributed by atoms with van der Waals surface area (Å²) in [6, 6.07) is 27.5. The number of nitrogens with one attached hydrogen (secondary N) is 1. The molecule has 108 valence electrons. The second-order valence-electron chi connectivity index (χ2n) is 5.26. The Bertz CT molecular complexity index is 788. The van der Waals surface area contributed by atoms with E-state index < -0.39 is 0 Å². The van der Waals surface area contributed by atoms with Crippen LogP contribution in [-0.2, 0) is 0 Å². The topological polar surface area (TPSA) is 12.0 Å². The molecule has 0 spiro atoms. The predicted octanol–water partition coefficient (Wildman–Crippen LogP) is 5.21. The molecular weight excluding hydrogens is 266 g/mol. The Morgan fingerprint density at radius 2 is 1.23 bits per heavy atom. The molecule has 0 saturated carbocycles. The maximum Gasteiger partial charge on any atom is 0.0338 e. The van der Waals surface area contributed by atoms with Gasteiger partial charge in [0.1, 0.15) is 0 Å². The minimum Gasteiger partial charge on any atom is -0.388 e. The van der Waals surface area contributed by atoms with Crippen molar-refractivity contribution < 1.29 is 0 Å². The van der Waals surface area contributed by atoms with E-state index in [-0.39, 0.29) is 0 Å². The standard InChI is InChI=1S/C21H19N/c1-16(22-2)18-10-6-12-20(14-18)21-13-7-11-19(15-21)17-8-4-3-5-9-17/h3-15,22H,1H2,2H3. The van der Waals surface area contributed by atoms with Gasteiger partial charge in [-0.3, -0.25) is 0 Å². The van der Waals surface area contributed by atoms with Crippen molar-refractivity contribution >= 4 is 5.70 Å². The summed E-state index contributed by atoms with van der Waals surface area (Å²) in [4.78, 5) is 0. The molecule has 1 nitrogen and oxygen atoms in total. The highest BCUT2D eigenvalue weighted by Gasteiger charge is 2.03. The van der Waals surface area contributed by atoms with Crippen molar-refractivity contribution in [2.24, 2.45) is 0 Å². The van der Waals surface area contributed by atoms with Crippen LogP contribution >= 0.6 is 0 Å². The van der Waals surface area contributed by atoms with Gasteiger partial charge in [0.05, 0.1) is 0 Å². The van der Waals surface area contributed by atoms with Crippen LogP contribution in [0.1, 0.15) is 5.56 Å². The number of benzene rings is 3. The molecule has 1 heteroatoms. The third kappa shape index (κ3) is 2.94. The van der Waals surface area contributed by atoms with Crippen LogP contribution in [0.2, 0.25) is 0 Å². The first-order valence-electron chi connectivity index (χ1n) is 7.41. The highest BCUT2D eigenvalue weighted by atomic mass is 14.8. The summed E-state index contributed by atoms with van der Waals surface area (Å²) in [5.41, 5.74) is 6.93. The largest absolute Gasteiger partial charge is 0.388 e. The molecule has 0 aromatic heterocycles. The fourth-order valence-electron chi connectivity index (χ4n) is 2.54. The first kappa shape index (κ1) is 14.2. The van der Waals surface area contributed by atoms with Gasteiger partial charge >= 0.3 is 0 Å². The van der Waals surface area contributed by atoms with Crippen molar-refractivity contribution in [3.05, 3.63) is 91.0 Å². The third-order valence-corrected chi connectivity index (χ3v) is 3.82. The summed E-state index contributed by atoms with van der Waals surface area (Å²) in [5, 5.41) is 3.10. The van der Waals surface area contributed by atoms with Crippen LogP contribution in [0.25, 0.3) is 28.0 Å². The molecule has 0 aliphatic rings.